The van der Waals surface area contributed by atoms with Crippen LogP contribution in [0.5, 0.6) is 5.88 Å². The Bertz CT molecular complexity index is 571. The molecule has 0 atom stereocenters. The highest BCUT2D eigenvalue weighted by atomic mass is 35.5. The number of hydrogen-bond acceptors (Lipinski definition) is 3. The van der Waals surface area contributed by atoms with Gasteiger partial charge in [0.25, 0.3) is 5.56 Å². The largest absolute Gasteiger partial charge is 0.493 e. The van der Waals surface area contributed by atoms with Crippen LogP contribution in [0.4, 0.5) is 0 Å². The summed E-state index contributed by atoms with van der Waals surface area (Å²) in [6, 6.07) is 6.64. The van der Waals surface area contributed by atoms with E-state index in [2.05, 4.69) is 5.10 Å². The average molecular weight is 255 g/mol. The first kappa shape index (κ1) is 11.8. The second-order valence-electron chi connectivity index (χ2n) is 3.53. The lowest BCUT2D eigenvalue weighted by molar-refractivity contribution is 0.296. The highest BCUT2D eigenvalue weighted by molar-refractivity contribution is 6.30. The maximum atomic E-state index is 11.5. The van der Waals surface area contributed by atoms with Crippen molar-refractivity contribution in [3.05, 3.63) is 45.2 Å². The number of aromatic nitrogens is 2. The highest BCUT2D eigenvalue weighted by Gasteiger charge is 2.14. The number of nitrogens with zero attached hydrogens (tertiary/aromatic N) is 1. The van der Waals surface area contributed by atoms with Crippen LogP contribution in [0.2, 0.25) is 5.02 Å². The van der Waals surface area contributed by atoms with Gasteiger partial charge in [0, 0.05) is 18.1 Å². The fourth-order valence-corrected chi connectivity index (χ4v) is 1.70. The quantitative estimate of drug-likeness (QED) is 0.766. The minimum Gasteiger partial charge on any atom is -0.493 e. The van der Waals surface area contributed by atoms with Crippen molar-refractivity contribution < 1.29 is 10.2 Å². The molecule has 5 nitrogen and oxygen atoms in total. The monoisotopic (exact) mass is 254 g/mol. The van der Waals surface area contributed by atoms with Crippen molar-refractivity contribution in [2.75, 3.05) is 6.61 Å². The molecule has 2 aromatic rings. The Morgan fingerprint density at radius 3 is 2.53 bits per heavy atom. The number of aromatic hydroxyl groups is 1. The SMILES string of the molecule is O=c1[nH]n(-c2ccc(Cl)cc2)c(O)c1CCO. The van der Waals surface area contributed by atoms with E-state index in [1.54, 1.807) is 24.3 Å². The molecule has 0 bridgehead atoms. The molecule has 0 aliphatic rings. The van der Waals surface area contributed by atoms with E-state index in [0.29, 0.717) is 10.7 Å². The smallest absolute Gasteiger partial charge is 0.271 e. The molecule has 1 heterocycles. The normalized spacial score (nSPS) is 10.7. The van der Waals surface area contributed by atoms with E-state index in [1.165, 1.54) is 4.68 Å². The van der Waals surface area contributed by atoms with E-state index in [-0.39, 0.29) is 24.5 Å². The molecule has 0 radical (unpaired) electrons. The lowest BCUT2D eigenvalue weighted by atomic mass is 10.2. The topological polar surface area (TPSA) is 78.2 Å². The number of rotatable bonds is 3. The van der Waals surface area contributed by atoms with E-state index in [9.17, 15) is 9.90 Å². The van der Waals surface area contributed by atoms with Gasteiger partial charge in [-0.3, -0.25) is 9.89 Å². The summed E-state index contributed by atoms with van der Waals surface area (Å²) in [5.41, 5.74) is 0.349. The Morgan fingerprint density at radius 1 is 1.29 bits per heavy atom. The first-order valence-corrected chi connectivity index (χ1v) is 5.41. The van der Waals surface area contributed by atoms with Crippen LogP contribution in [-0.4, -0.2) is 26.6 Å². The number of aromatic amines is 1. The zero-order valence-electron chi connectivity index (χ0n) is 8.85. The Hall–Kier alpha value is -1.72. The Morgan fingerprint density at radius 2 is 1.94 bits per heavy atom. The predicted molar refractivity (Wildman–Crippen MR) is 63.9 cm³/mol. The summed E-state index contributed by atoms with van der Waals surface area (Å²) < 4.78 is 1.25. The molecule has 0 saturated heterocycles. The summed E-state index contributed by atoms with van der Waals surface area (Å²) in [4.78, 5) is 11.5. The van der Waals surface area contributed by atoms with Crippen LogP contribution >= 0.6 is 11.6 Å². The number of aliphatic hydroxyl groups excluding tert-OH is 1. The molecule has 0 aliphatic heterocycles. The number of nitrogens with one attached hydrogen (secondary N) is 1. The molecule has 0 amide bonds. The molecular formula is C11H11ClN2O3. The predicted octanol–water partition coefficient (Wildman–Crippen LogP) is 1.06. The van der Waals surface area contributed by atoms with Crippen molar-refractivity contribution in [1.29, 1.82) is 0 Å². The third-order valence-corrected chi connectivity index (χ3v) is 2.67. The molecule has 3 N–H and O–H groups in total. The average Bonchev–Trinajstić information content (AvgIpc) is 2.59. The van der Waals surface area contributed by atoms with Crippen molar-refractivity contribution in [2.24, 2.45) is 0 Å². The van der Waals surface area contributed by atoms with Crippen LogP contribution in [0.3, 0.4) is 0 Å². The van der Waals surface area contributed by atoms with Crippen LogP contribution in [0.15, 0.2) is 29.1 Å². The maximum absolute atomic E-state index is 11.5. The second kappa shape index (κ2) is 4.65. The molecule has 0 unspecified atom stereocenters. The lowest BCUT2D eigenvalue weighted by Gasteiger charge is -2.04. The molecule has 1 aromatic carbocycles. The van der Waals surface area contributed by atoms with E-state index < -0.39 is 5.56 Å². The first-order chi connectivity index (χ1) is 8.13. The molecule has 0 aliphatic carbocycles. The minimum absolute atomic E-state index is 0.113. The Kier molecular flexibility index (Phi) is 3.21. The van der Waals surface area contributed by atoms with Gasteiger partial charge in [-0.05, 0) is 24.3 Å². The number of H-pyrrole nitrogens is 1. The molecular weight excluding hydrogens is 244 g/mol. The molecule has 6 heteroatoms. The van der Waals surface area contributed by atoms with Crippen molar-refractivity contribution in [2.45, 2.75) is 6.42 Å². The molecule has 0 fully saturated rings. The van der Waals surface area contributed by atoms with Gasteiger partial charge in [-0.25, -0.2) is 4.68 Å². The van der Waals surface area contributed by atoms with E-state index in [0.717, 1.165) is 0 Å². The molecule has 2 rings (SSSR count). The van der Waals surface area contributed by atoms with Crippen molar-refractivity contribution in [3.8, 4) is 11.6 Å². The highest BCUT2D eigenvalue weighted by Crippen LogP contribution is 2.19. The van der Waals surface area contributed by atoms with E-state index in [4.69, 9.17) is 16.7 Å². The third-order valence-electron chi connectivity index (χ3n) is 2.42. The van der Waals surface area contributed by atoms with Gasteiger partial charge in [0.05, 0.1) is 11.3 Å². The molecule has 0 spiro atoms. The Labute approximate surface area is 102 Å². The summed E-state index contributed by atoms with van der Waals surface area (Å²) in [6.45, 7) is -0.193. The summed E-state index contributed by atoms with van der Waals surface area (Å²) in [7, 11) is 0. The lowest BCUT2D eigenvalue weighted by Crippen LogP contribution is -2.08. The van der Waals surface area contributed by atoms with Crippen molar-refractivity contribution in [1.82, 2.24) is 9.78 Å². The van der Waals surface area contributed by atoms with Gasteiger partial charge >= 0.3 is 0 Å². The fraction of sp³-hybridized carbons (Fsp3) is 0.182. The first-order valence-electron chi connectivity index (χ1n) is 5.03. The maximum Gasteiger partial charge on any atom is 0.271 e. The van der Waals surface area contributed by atoms with Gasteiger partial charge in [-0.15, -0.1) is 0 Å². The van der Waals surface area contributed by atoms with Crippen molar-refractivity contribution in [3.63, 3.8) is 0 Å². The van der Waals surface area contributed by atoms with Gasteiger partial charge in [-0.2, -0.15) is 0 Å². The third kappa shape index (κ3) is 2.20. The summed E-state index contributed by atoms with van der Waals surface area (Å²) >= 11 is 5.75. The van der Waals surface area contributed by atoms with Crippen LogP contribution in [-0.2, 0) is 6.42 Å². The zero-order chi connectivity index (χ0) is 12.4. The van der Waals surface area contributed by atoms with Crippen LogP contribution in [0.1, 0.15) is 5.56 Å². The Balaban J connectivity index is 2.50. The van der Waals surface area contributed by atoms with Gasteiger partial charge in [-0.1, -0.05) is 11.6 Å². The van der Waals surface area contributed by atoms with Crippen LogP contribution in [0.25, 0.3) is 5.69 Å². The zero-order valence-corrected chi connectivity index (χ0v) is 9.61. The second-order valence-corrected chi connectivity index (χ2v) is 3.96. The van der Waals surface area contributed by atoms with Crippen LogP contribution < -0.4 is 5.56 Å². The van der Waals surface area contributed by atoms with Gasteiger partial charge in [0.2, 0.25) is 5.88 Å². The summed E-state index contributed by atoms with van der Waals surface area (Å²) in [6.07, 6.45) is 0.113. The van der Waals surface area contributed by atoms with E-state index in [1.807, 2.05) is 0 Å². The molecule has 1 aromatic heterocycles. The van der Waals surface area contributed by atoms with E-state index >= 15 is 0 Å². The number of hydrogen-bond donors (Lipinski definition) is 3. The minimum atomic E-state index is -0.411. The fourth-order valence-electron chi connectivity index (χ4n) is 1.57. The summed E-state index contributed by atoms with van der Waals surface area (Å²) in [5, 5.41) is 21.7. The molecule has 90 valence electrons. The standard InChI is InChI=1S/C11H11ClN2O3/c12-7-1-3-8(4-2-7)14-11(17)9(5-6-15)10(16)13-14/h1-4,15,17H,5-6H2,(H,13,16). The number of halogens is 1. The van der Waals surface area contributed by atoms with Gasteiger partial charge in [0.1, 0.15) is 0 Å². The van der Waals surface area contributed by atoms with Gasteiger partial charge < -0.3 is 10.2 Å². The number of benzene rings is 1. The van der Waals surface area contributed by atoms with Crippen LogP contribution in [0, 0.1) is 0 Å². The number of aliphatic hydroxyl groups is 1. The molecule has 0 saturated carbocycles. The summed E-state index contributed by atoms with van der Waals surface area (Å²) in [5.74, 6) is -0.189. The molecule has 17 heavy (non-hydrogen) atoms. The van der Waals surface area contributed by atoms with Gasteiger partial charge in [0.15, 0.2) is 0 Å². The van der Waals surface area contributed by atoms with Crippen molar-refractivity contribution >= 4 is 11.6 Å².